The molecule has 0 aliphatic heterocycles. The summed E-state index contributed by atoms with van der Waals surface area (Å²) in [5.74, 6) is 0. The van der Waals surface area contributed by atoms with E-state index < -0.39 is 0 Å². The van der Waals surface area contributed by atoms with Crippen LogP contribution in [0.15, 0.2) is 239 Å². The Morgan fingerprint density at radius 2 is 0.906 bits per heavy atom. The predicted octanol–water partition coefficient (Wildman–Crippen LogP) is 17.1. The van der Waals surface area contributed by atoms with Crippen LogP contribution < -0.4 is 4.90 Å². The van der Waals surface area contributed by atoms with Gasteiger partial charge in [-0.3, -0.25) is 0 Å². The topological polar surface area (TPSA) is 34.5 Å². The second-order valence-electron chi connectivity index (χ2n) is 16.4. The summed E-state index contributed by atoms with van der Waals surface area (Å²) in [7, 11) is 0. The van der Waals surface area contributed by atoms with Gasteiger partial charge in [0, 0.05) is 55.1 Å². The summed E-state index contributed by atoms with van der Waals surface area (Å²) >= 11 is 0. The van der Waals surface area contributed by atoms with Gasteiger partial charge in [0.25, 0.3) is 0 Å². The summed E-state index contributed by atoms with van der Waals surface area (Å²) < 4.78 is 15.8. The van der Waals surface area contributed by atoms with Crippen LogP contribution >= 0.6 is 0 Å². The molecule has 0 spiro atoms. The lowest BCUT2D eigenvalue weighted by atomic mass is 9.98. The highest BCUT2D eigenvalue weighted by Gasteiger charge is 2.23. The Morgan fingerprint density at radius 1 is 0.328 bits per heavy atom. The first kappa shape index (κ1) is 36.1. The van der Waals surface area contributed by atoms with Crippen molar-refractivity contribution in [3.8, 4) is 39.1 Å². The fraction of sp³-hybridized carbons (Fsp3) is 0. The average molecular weight is 819 g/mol. The molecule has 0 aliphatic rings. The highest BCUT2D eigenvalue weighted by atomic mass is 16.3. The molecule has 0 N–H and O–H groups in total. The van der Waals surface area contributed by atoms with Crippen LogP contribution in [0, 0.1) is 0 Å². The molecule has 0 fully saturated rings. The van der Waals surface area contributed by atoms with E-state index in [0.717, 1.165) is 100 Å². The number of para-hydroxylation sites is 5. The zero-order chi connectivity index (χ0) is 42.1. The van der Waals surface area contributed by atoms with E-state index in [1.165, 1.54) is 21.8 Å². The zero-order valence-corrected chi connectivity index (χ0v) is 34.7. The first-order chi connectivity index (χ1) is 31.7. The summed E-state index contributed by atoms with van der Waals surface area (Å²) in [5.41, 5.74) is 16.6. The van der Waals surface area contributed by atoms with Crippen LogP contribution in [0.3, 0.4) is 0 Å². The SMILES string of the molecule is c1ccc(-c2cccc(N(c3ccc(-c4cccc5c4oc4ccccc45)cc3)c3ccc(-c4cccc(-n5c6ccccc6c6ccccc65)c4)c4oc5ccccc5c34)c2)cc1. The van der Waals surface area contributed by atoms with Crippen molar-refractivity contribution in [3.05, 3.63) is 231 Å². The largest absolute Gasteiger partial charge is 0.455 e. The number of nitrogens with zero attached hydrogens (tertiary/aromatic N) is 2. The second-order valence-corrected chi connectivity index (χ2v) is 16.4. The molecular formula is C60H38N2O2. The molecule has 4 heteroatoms. The Kier molecular flexibility index (Phi) is 8.18. The van der Waals surface area contributed by atoms with E-state index in [1.54, 1.807) is 0 Å². The fourth-order valence-electron chi connectivity index (χ4n) is 9.88. The summed E-state index contributed by atoms with van der Waals surface area (Å²) in [4.78, 5) is 2.38. The number of furan rings is 2. The van der Waals surface area contributed by atoms with Crippen LogP contribution in [0.2, 0.25) is 0 Å². The number of aromatic nitrogens is 1. The van der Waals surface area contributed by atoms with Crippen LogP contribution in [0.25, 0.3) is 105 Å². The van der Waals surface area contributed by atoms with Crippen LogP contribution in [0.1, 0.15) is 0 Å². The smallest absolute Gasteiger partial charge is 0.145 e. The quantitative estimate of drug-likeness (QED) is 0.161. The summed E-state index contributed by atoms with van der Waals surface area (Å²) in [6.45, 7) is 0. The normalized spacial score (nSPS) is 11.8. The predicted molar refractivity (Wildman–Crippen MR) is 266 cm³/mol. The third-order valence-corrected chi connectivity index (χ3v) is 12.8. The van der Waals surface area contributed by atoms with Gasteiger partial charge in [-0.1, -0.05) is 158 Å². The molecule has 0 saturated carbocycles. The molecule has 0 aliphatic carbocycles. The van der Waals surface area contributed by atoms with E-state index in [1.807, 2.05) is 12.1 Å². The minimum atomic E-state index is 0.843. The average Bonchev–Trinajstić information content (AvgIpc) is 4.05. The molecule has 0 bridgehead atoms. The third kappa shape index (κ3) is 5.70. The Hall–Kier alpha value is -8.60. The maximum absolute atomic E-state index is 6.96. The van der Waals surface area contributed by atoms with E-state index in [-0.39, 0.29) is 0 Å². The van der Waals surface area contributed by atoms with Crippen LogP contribution in [-0.4, -0.2) is 4.57 Å². The van der Waals surface area contributed by atoms with Crippen LogP contribution in [0.5, 0.6) is 0 Å². The molecular weight excluding hydrogens is 781 g/mol. The molecule has 4 nitrogen and oxygen atoms in total. The Labute approximate surface area is 369 Å². The number of hydrogen-bond donors (Lipinski definition) is 0. The zero-order valence-electron chi connectivity index (χ0n) is 34.7. The monoisotopic (exact) mass is 818 g/mol. The van der Waals surface area contributed by atoms with Gasteiger partial charge in [0.1, 0.15) is 22.3 Å². The van der Waals surface area contributed by atoms with E-state index >= 15 is 0 Å². The van der Waals surface area contributed by atoms with E-state index in [2.05, 4.69) is 228 Å². The van der Waals surface area contributed by atoms with Crippen molar-refractivity contribution >= 4 is 82.7 Å². The number of benzene rings is 10. The maximum atomic E-state index is 6.96. The van der Waals surface area contributed by atoms with Gasteiger partial charge in [0.2, 0.25) is 0 Å². The first-order valence-corrected chi connectivity index (χ1v) is 21.7. The van der Waals surface area contributed by atoms with Gasteiger partial charge in [-0.25, -0.2) is 0 Å². The van der Waals surface area contributed by atoms with Crippen LogP contribution in [-0.2, 0) is 0 Å². The number of rotatable bonds is 7. The number of hydrogen-bond acceptors (Lipinski definition) is 3. The Morgan fingerprint density at radius 3 is 1.69 bits per heavy atom. The molecule has 13 rings (SSSR count). The molecule has 3 heterocycles. The number of fused-ring (bicyclic) bond motifs is 9. The minimum Gasteiger partial charge on any atom is -0.455 e. The van der Waals surface area contributed by atoms with Gasteiger partial charge in [-0.2, -0.15) is 0 Å². The molecule has 300 valence electrons. The van der Waals surface area contributed by atoms with Crippen molar-refractivity contribution in [2.45, 2.75) is 0 Å². The molecule has 0 saturated heterocycles. The van der Waals surface area contributed by atoms with Gasteiger partial charge < -0.3 is 18.3 Å². The Balaban J connectivity index is 1.00. The van der Waals surface area contributed by atoms with E-state index in [9.17, 15) is 0 Å². The maximum Gasteiger partial charge on any atom is 0.145 e. The van der Waals surface area contributed by atoms with Gasteiger partial charge >= 0.3 is 0 Å². The fourth-order valence-corrected chi connectivity index (χ4v) is 9.88. The van der Waals surface area contributed by atoms with Crippen molar-refractivity contribution in [2.75, 3.05) is 4.90 Å². The first-order valence-electron chi connectivity index (χ1n) is 21.7. The van der Waals surface area contributed by atoms with Crippen molar-refractivity contribution in [2.24, 2.45) is 0 Å². The molecule has 64 heavy (non-hydrogen) atoms. The summed E-state index contributed by atoms with van der Waals surface area (Å²) in [6.07, 6.45) is 0. The highest BCUT2D eigenvalue weighted by Crippen LogP contribution is 2.47. The second kappa shape index (κ2) is 14.5. The molecule has 0 radical (unpaired) electrons. The van der Waals surface area contributed by atoms with Gasteiger partial charge in [-0.15, -0.1) is 0 Å². The summed E-state index contributed by atoms with van der Waals surface area (Å²) in [6, 6.07) is 82.0. The van der Waals surface area contributed by atoms with Gasteiger partial charge in [0.15, 0.2) is 0 Å². The minimum absolute atomic E-state index is 0.843. The molecule has 0 amide bonds. The molecule has 0 unspecified atom stereocenters. The molecule has 0 atom stereocenters. The summed E-state index contributed by atoms with van der Waals surface area (Å²) in [5, 5.41) is 6.83. The van der Waals surface area contributed by atoms with Gasteiger partial charge in [-0.05, 0) is 95.1 Å². The molecule has 10 aromatic carbocycles. The lowest BCUT2D eigenvalue weighted by Gasteiger charge is -2.27. The molecule has 13 aromatic rings. The van der Waals surface area contributed by atoms with Crippen molar-refractivity contribution in [1.29, 1.82) is 0 Å². The van der Waals surface area contributed by atoms with Gasteiger partial charge in [0.05, 0.1) is 22.1 Å². The lowest BCUT2D eigenvalue weighted by Crippen LogP contribution is -2.10. The van der Waals surface area contributed by atoms with E-state index in [4.69, 9.17) is 8.83 Å². The standard InChI is InChI=1S/C60H38N2O2/c1-2-15-39(16-3-1)41-17-12-19-44(37-41)61(43-33-31-40(32-34-43)46-25-14-26-51-50-23-6-10-29-56(50)63-59(46)51)55-36-35-47(60-58(55)52-24-7-11-30-57(52)64-60)42-18-13-20-45(38-42)62-53-27-8-4-21-48(53)49-22-5-9-28-54(49)62/h1-38H. The lowest BCUT2D eigenvalue weighted by molar-refractivity contribution is 0.669. The van der Waals surface area contributed by atoms with Crippen molar-refractivity contribution in [3.63, 3.8) is 0 Å². The van der Waals surface area contributed by atoms with Crippen molar-refractivity contribution < 1.29 is 8.83 Å². The van der Waals surface area contributed by atoms with Crippen LogP contribution in [0.4, 0.5) is 17.1 Å². The van der Waals surface area contributed by atoms with E-state index in [0.29, 0.717) is 0 Å². The molecule has 3 aromatic heterocycles. The Bertz CT molecular complexity index is 3860. The highest BCUT2D eigenvalue weighted by molar-refractivity contribution is 6.17. The third-order valence-electron chi connectivity index (χ3n) is 12.8. The van der Waals surface area contributed by atoms with Crippen molar-refractivity contribution in [1.82, 2.24) is 4.57 Å². The number of anilines is 3.